The van der Waals surface area contributed by atoms with Crippen molar-refractivity contribution in [3.05, 3.63) is 23.4 Å². The van der Waals surface area contributed by atoms with Gasteiger partial charge in [0.25, 0.3) is 0 Å². The van der Waals surface area contributed by atoms with Crippen LogP contribution in [-0.2, 0) is 4.79 Å². The molecular weight excluding hydrogens is 138 g/mol. The van der Waals surface area contributed by atoms with Crippen LogP contribution in [0.4, 0.5) is 0 Å². The number of hydrogen-bond donors (Lipinski definition) is 1. The van der Waals surface area contributed by atoms with Crippen molar-refractivity contribution in [2.24, 2.45) is 5.92 Å². The molecular formula is C9H13NO. The Labute approximate surface area is 67.0 Å². The molecule has 0 spiro atoms. The third-order valence-corrected chi connectivity index (χ3v) is 1.53. The zero-order chi connectivity index (χ0) is 8.43. The first-order chi connectivity index (χ1) is 5.09. The molecule has 0 atom stereocenters. The molecule has 11 heavy (non-hydrogen) atoms. The molecule has 0 saturated carbocycles. The number of hydrogen-bond acceptors (Lipinski definition) is 1. The van der Waals surface area contributed by atoms with Crippen LogP contribution >= 0.6 is 0 Å². The number of rotatable bonds is 1. The van der Waals surface area contributed by atoms with E-state index < -0.39 is 0 Å². The van der Waals surface area contributed by atoms with Crippen molar-refractivity contribution < 1.29 is 4.79 Å². The van der Waals surface area contributed by atoms with Crippen molar-refractivity contribution in [1.82, 2.24) is 5.32 Å². The molecule has 1 heterocycles. The summed E-state index contributed by atoms with van der Waals surface area (Å²) < 4.78 is 0. The van der Waals surface area contributed by atoms with E-state index in [1.807, 2.05) is 6.92 Å². The number of carbonyl (C=O) groups excluding carboxylic acids is 1. The van der Waals surface area contributed by atoms with Crippen LogP contribution in [0.25, 0.3) is 0 Å². The molecule has 0 radical (unpaired) electrons. The van der Waals surface area contributed by atoms with E-state index in [0.29, 0.717) is 5.92 Å². The summed E-state index contributed by atoms with van der Waals surface area (Å²) in [6.45, 7) is 6.11. The monoisotopic (exact) mass is 151 g/mol. The van der Waals surface area contributed by atoms with Crippen molar-refractivity contribution >= 4 is 5.91 Å². The molecule has 0 aromatic carbocycles. The van der Waals surface area contributed by atoms with Crippen LogP contribution in [0, 0.1) is 5.92 Å². The highest BCUT2D eigenvalue weighted by Gasteiger charge is 2.12. The third kappa shape index (κ3) is 1.93. The fourth-order valence-corrected chi connectivity index (χ4v) is 1.05. The molecule has 1 aliphatic rings. The van der Waals surface area contributed by atoms with Gasteiger partial charge in [0.05, 0.1) is 0 Å². The van der Waals surface area contributed by atoms with E-state index in [0.717, 1.165) is 11.3 Å². The minimum absolute atomic E-state index is 0.00519. The standard InChI is InChI=1S/C9H13NO/c1-6(2)4-8-7(3)5-9(11)10-8/h4-6H,1-3H3,(H,10,11)/b8-4-. The van der Waals surface area contributed by atoms with Crippen LogP contribution < -0.4 is 5.32 Å². The van der Waals surface area contributed by atoms with Crippen LogP contribution in [0.1, 0.15) is 20.8 Å². The highest BCUT2D eigenvalue weighted by atomic mass is 16.1. The third-order valence-electron chi connectivity index (χ3n) is 1.53. The summed E-state index contributed by atoms with van der Waals surface area (Å²) in [5.41, 5.74) is 1.99. The van der Waals surface area contributed by atoms with Crippen LogP contribution in [0.3, 0.4) is 0 Å². The summed E-state index contributed by atoms with van der Waals surface area (Å²) in [6.07, 6.45) is 3.67. The summed E-state index contributed by atoms with van der Waals surface area (Å²) in [6, 6.07) is 0. The summed E-state index contributed by atoms with van der Waals surface area (Å²) in [5, 5.41) is 2.76. The van der Waals surface area contributed by atoms with Crippen molar-refractivity contribution in [3.8, 4) is 0 Å². The van der Waals surface area contributed by atoms with Crippen LogP contribution in [-0.4, -0.2) is 5.91 Å². The Morgan fingerprint density at radius 2 is 2.18 bits per heavy atom. The molecule has 1 N–H and O–H groups in total. The Morgan fingerprint density at radius 3 is 2.55 bits per heavy atom. The van der Waals surface area contributed by atoms with Crippen LogP contribution in [0.15, 0.2) is 23.4 Å². The first-order valence-electron chi connectivity index (χ1n) is 3.81. The molecule has 1 rings (SSSR count). The molecule has 0 bridgehead atoms. The van der Waals surface area contributed by atoms with E-state index in [9.17, 15) is 4.79 Å². The summed E-state index contributed by atoms with van der Waals surface area (Å²) in [4.78, 5) is 10.8. The van der Waals surface area contributed by atoms with Gasteiger partial charge in [0.1, 0.15) is 0 Å². The fourth-order valence-electron chi connectivity index (χ4n) is 1.05. The van der Waals surface area contributed by atoms with E-state index in [2.05, 4.69) is 25.2 Å². The second kappa shape index (κ2) is 2.91. The Morgan fingerprint density at radius 1 is 1.55 bits per heavy atom. The van der Waals surface area contributed by atoms with Gasteiger partial charge in [-0.25, -0.2) is 0 Å². The second-order valence-corrected chi connectivity index (χ2v) is 3.14. The van der Waals surface area contributed by atoms with Crippen LogP contribution in [0.5, 0.6) is 0 Å². The van der Waals surface area contributed by atoms with E-state index in [-0.39, 0.29) is 5.91 Å². The van der Waals surface area contributed by atoms with Gasteiger partial charge in [0.2, 0.25) is 5.91 Å². The van der Waals surface area contributed by atoms with Crippen molar-refractivity contribution in [2.45, 2.75) is 20.8 Å². The fraction of sp³-hybridized carbons (Fsp3) is 0.444. The number of amides is 1. The summed E-state index contributed by atoms with van der Waals surface area (Å²) in [7, 11) is 0. The average Bonchev–Trinajstić information content (AvgIpc) is 2.09. The lowest BCUT2D eigenvalue weighted by Crippen LogP contribution is -2.13. The SMILES string of the molecule is CC1=CC(=O)N/C1=C\C(C)C. The summed E-state index contributed by atoms with van der Waals surface area (Å²) in [5.74, 6) is 0.473. The van der Waals surface area contributed by atoms with E-state index >= 15 is 0 Å². The lowest BCUT2D eigenvalue weighted by Gasteiger charge is -2.02. The topological polar surface area (TPSA) is 29.1 Å². The molecule has 0 unspecified atom stereocenters. The predicted molar refractivity (Wildman–Crippen MR) is 44.8 cm³/mol. The average molecular weight is 151 g/mol. The van der Waals surface area contributed by atoms with Crippen molar-refractivity contribution in [3.63, 3.8) is 0 Å². The van der Waals surface area contributed by atoms with E-state index in [1.54, 1.807) is 6.08 Å². The minimum Gasteiger partial charge on any atom is -0.323 e. The first-order valence-corrected chi connectivity index (χ1v) is 3.81. The maximum Gasteiger partial charge on any atom is 0.248 e. The van der Waals surface area contributed by atoms with Crippen LogP contribution in [0.2, 0.25) is 0 Å². The lowest BCUT2D eigenvalue weighted by atomic mass is 10.1. The predicted octanol–water partition coefficient (Wildman–Crippen LogP) is 1.60. The highest BCUT2D eigenvalue weighted by Crippen LogP contribution is 2.14. The number of carbonyl (C=O) groups is 1. The molecule has 60 valence electrons. The van der Waals surface area contributed by atoms with Crippen molar-refractivity contribution in [2.75, 3.05) is 0 Å². The molecule has 1 aliphatic heterocycles. The van der Waals surface area contributed by atoms with Crippen molar-refractivity contribution in [1.29, 1.82) is 0 Å². The molecule has 2 heteroatoms. The first kappa shape index (κ1) is 8.05. The van der Waals surface area contributed by atoms with E-state index in [4.69, 9.17) is 0 Å². The van der Waals surface area contributed by atoms with Gasteiger partial charge in [-0.15, -0.1) is 0 Å². The molecule has 0 aliphatic carbocycles. The Kier molecular flexibility index (Phi) is 2.13. The van der Waals surface area contributed by atoms with Gasteiger partial charge >= 0.3 is 0 Å². The quantitative estimate of drug-likeness (QED) is 0.606. The smallest absolute Gasteiger partial charge is 0.248 e. The highest BCUT2D eigenvalue weighted by molar-refractivity contribution is 5.94. The second-order valence-electron chi connectivity index (χ2n) is 3.14. The maximum atomic E-state index is 10.8. The molecule has 1 amide bonds. The van der Waals surface area contributed by atoms with Gasteiger partial charge < -0.3 is 5.32 Å². The molecule has 0 saturated heterocycles. The van der Waals surface area contributed by atoms with Gasteiger partial charge in [-0.3, -0.25) is 4.79 Å². The van der Waals surface area contributed by atoms with E-state index in [1.165, 1.54) is 0 Å². The Bertz CT molecular complexity index is 236. The maximum absolute atomic E-state index is 10.8. The van der Waals surface area contributed by atoms with Gasteiger partial charge in [0.15, 0.2) is 0 Å². The molecule has 0 fully saturated rings. The van der Waals surface area contributed by atoms with Gasteiger partial charge in [-0.2, -0.15) is 0 Å². The molecule has 0 aromatic heterocycles. The zero-order valence-corrected chi connectivity index (χ0v) is 7.14. The largest absolute Gasteiger partial charge is 0.323 e. The number of nitrogens with one attached hydrogen (secondary N) is 1. The normalized spacial score (nSPS) is 20.9. The Balaban J connectivity index is 2.79. The zero-order valence-electron chi connectivity index (χ0n) is 7.14. The van der Waals surface area contributed by atoms with Gasteiger partial charge in [-0.05, 0) is 18.4 Å². The lowest BCUT2D eigenvalue weighted by molar-refractivity contribution is -0.115. The van der Waals surface area contributed by atoms with Gasteiger partial charge in [0, 0.05) is 11.8 Å². The minimum atomic E-state index is -0.00519. The summed E-state index contributed by atoms with van der Waals surface area (Å²) >= 11 is 0. The molecule has 2 nitrogen and oxygen atoms in total. The Hall–Kier alpha value is -1.05. The number of allylic oxidation sites excluding steroid dienone is 2. The molecule has 0 aromatic rings. The van der Waals surface area contributed by atoms with Gasteiger partial charge in [-0.1, -0.05) is 19.9 Å².